The second-order valence-corrected chi connectivity index (χ2v) is 12.5. The summed E-state index contributed by atoms with van der Waals surface area (Å²) in [6.07, 6.45) is 3.42. The number of unbranched alkanes of at least 4 members (excludes halogenated alkanes) is 1. The lowest BCUT2D eigenvalue weighted by atomic mass is 9.79. The Morgan fingerprint density at radius 1 is 1.04 bits per heavy atom. The molecule has 11 nitrogen and oxygen atoms in total. The fraction of sp³-hybridized carbons (Fsp3) is 0.583. The van der Waals surface area contributed by atoms with E-state index >= 15 is 0 Å². The topological polar surface area (TPSA) is 130 Å². The van der Waals surface area contributed by atoms with E-state index in [-0.39, 0.29) is 23.6 Å². The number of nitrogens with zero attached hydrogens (tertiary/aromatic N) is 2. The Balaban J connectivity index is 1.37. The van der Waals surface area contributed by atoms with E-state index < -0.39 is 17.7 Å². The van der Waals surface area contributed by atoms with Crippen LogP contribution < -0.4 is 20.1 Å². The van der Waals surface area contributed by atoms with Gasteiger partial charge in [-0.05, 0) is 61.1 Å². The highest BCUT2D eigenvalue weighted by atomic mass is 16.5. The molecule has 2 aromatic carbocycles. The van der Waals surface area contributed by atoms with Gasteiger partial charge < -0.3 is 34.9 Å². The van der Waals surface area contributed by atoms with E-state index in [1.165, 1.54) is 7.11 Å². The molecule has 47 heavy (non-hydrogen) atoms. The van der Waals surface area contributed by atoms with Crippen molar-refractivity contribution in [3.05, 3.63) is 53.6 Å². The van der Waals surface area contributed by atoms with E-state index in [0.29, 0.717) is 75.0 Å². The second kappa shape index (κ2) is 16.9. The zero-order chi connectivity index (χ0) is 34.0. The average molecular weight is 653 g/mol. The summed E-state index contributed by atoms with van der Waals surface area (Å²) >= 11 is 0. The van der Waals surface area contributed by atoms with E-state index in [1.807, 2.05) is 38.1 Å². The van der Waals surface area contributed by atoms with Crippen molar-refractivity contribution >= 4 is 17.7 Å². The number of carbonyl (C=O) groups is 3. The average Bonchev–Trinajstić information content (AvgIpc) is 3.08. The molecule has 1 spiro atoms. The van der Waals surface area contributed by atoms with Crippen LogP contribution in [0.5, 0.6) is 17.2 Å². The van der Waals surface area contributed by atoms with E-state index in [1.54, 1.807) is 30.2 Å². The number of aliphatic hydroxyl groups is 1. The fourth-order valence-corrected chi connectivity index (χ4v) is 6.64. The molecule has 2 aliphatic heterocycles. The number of likely N-dealkylation sites (tertiary alicyclic amines) is 1. The Kier molecular flexibility index (Phi) is 13.0. The number of carbonyl (C=O) groups excluding carboxylic acids is 3. The van der Waals surface area contributed by atoms with Gasteiger partial charge in [-0.3, -0.25) is 19.3 Å². The number of ether oxygens (including phenoxy) is 3. The Hall–Kier alpha value is -3.67. The molecule has 4 rings (SSSR count). The Morgan fingerprint density at radius 3 is 2.36 bits per heavy atom. The third-order valence-electron chi connectivity index (χ3n) is 9.62. The first kappa shape index (κ1) is 36.2. The molecule has 0 saturated carbocycles. The smallest absolute Gasteiger partial charge is 0.251 e. The number of methoxy groups -OCH3 is 2. The number of amides is 3. The van der Waals surface area contributed by atoms with E-state index in [9.17, 15) is 19.5 Å². The Labute approximate surface area is 278 Å². The van der Waals surface area contributed by atoms with Crippen LogP contribution in [0, 0.1) is 5.92 Å². The maximum atomic E-state index is 13.8. The number of rotatable bonds is 16. The van der Waals surface area contributed by atoms with E-state index in [2.05, 4.69) is 22.5 Å². The lowest BCUT2D eigenvalue weighted by Gasteiger charge is -2.52. The van der Waals surface area contributed by atoms with Crippen molar-refractivity contribution in [2.45, 2.75) is 83.5 Å². The van der Waals surface area contributed by atoms with Crippen molar-refractivity contribution in [3.63, 3.8) is 0 Å². The molecule has 0 radical (unpaired) electrons. The fourth-order valence-electron chi connectivity index (χ4n) is 6.64. The van der Waals surface area contributed by atoms with Gasteiger partial charge in [0.25, 0.3) is 5.91 Å². The van der Waals surface area contributed by atoms with Crippen LogP contribution in [0.15, 0.2) is 42.5 Å². The lowest BCUT2D eigenvalue weighted by Crippen LogP contribution is -2.75. The minimum absolute atomic E-state index is 0.0443. The summed E-state index contributed by atoms with van der Waals surface area (Å²) in [5.41, 5.74) is 0.680. The Morgan fingerprint density at radius 2 is 1.74 bits per heavy atom. The molecule has 0 aromatic heterocycles. The van der Waals surface area contributed by atoms with Crippen LogP contribution in [0.2, 0.25) is 0 Å². The van der Waals surface area contributed by atoms with Crippen molar-refractivity contribution in [2.24, 2.45) is 5.92 Å². The molecule has 0 aliphatic carbocycles. The summed E-state index contributed by atoms with van der Waals surface area (Å²) in [5.74, 6) is 1.03. The van der Waals surface area contributed by atoms with Crippen molar-refractivity contribution in [1.82, 2.24) is 20.4 Å². The number of nitrogens with one attached hydrogen (secondary N) is 2. The highest BCUT2D eigenvalue weighted by Gasteiger charge is 2.55. The molecule has 2 heterocycles. The number of hydrogen-bond donors (Lipinski definition) is 3. The summed E-state index contributed by atoms with van der Waals surface area (Å²) in [7, 11) is 3.12. The minimum atomic E-state index is -0.895. The van der Waals surface area contributed by atoms with Crippen molar-refractivity contribution in [1.29, 1.82) is 0 Å². The van der Waals surface area contributed by atoms with Gasteiger partial charge in [-0.15, -0.1) is 0 Å². The van der Waals surface area contributed by atoms with Crippen LogP contribution in [-0.2, 0) is 20.9 Å². The minimum Gasteiger partial charge on any atom is -0.493 e. The summed E-state index contributed by atoms with van der Waals surface area (Å²) < 4.78 is 16.6. The normalized spacial score (nSPS) is 18.7. The summed E-state index contributed by atoms with van der Waals surface area (Å²) in [5, 5.41) is 16.8. The molecule has 2 atom stereocenters. The molecular formula is C36H52N4O7. The van der Waals surface area contributed by atoms with Crippen molar-refractivity contribution < 1.29 is 33.7 Å². The molecule has 0 bridgehead atoms. The first-order valence-corrected chi connectivity index (χ1v) is 17.0. The highest BCUT2D eigenvalue weighted by molar-refractivity contribution is 6.00. The maximum Gasteiger partial charge on any atom is 0.251 e. The third-order valence-corrected chi connectivity index (χ3v) is 9.62. The number of aliphatic hydroxyl groups excluding tert-OH is 1. The largest absolute Gasteiger partial charge is 0.493 e. The SMILES string of the molecule is CCCCN1C(=O)[C@@H]([C@H](O)C(CC)CC)NC(=O)C12CCN(Cc1ccc(Oc3ccc(C(=O)NCCOC)cc3OC)cc1)CC2. The van der Waals surface area contributed by atoms with Gasteiger partial charge in [0, 0.05) is 45.4 Å². The Bertz CT molecular complexity index is 1340. The first-order valence-electron chi connectivity index (χ1n) is 17.0. The van der Waals surface area contributed by atoms with Crippen LogP contribution in [0.4, 0.5) is 0 Å². The van der Waals surface area contributed by atoms with Crippen LogP contribution in [0.25, 0.3) is 0 Å². The van der Waals surface area contributed by atoms with Gasteiger partial charge in [-0.1, -0.05) is 52.2 Å². The van der Waals surface area contributed by atoms with Gasteiger partial charge in [0.1, 0.15) is 17.3 Å². The van der Waals surface area contributed by atoms with E-state index in [4.69, 9.17) is 14.2 Å². The monoisotopic (exact) mass is 652 g/mol. The summed E-state index contributed by atoms with van der Waals surface area (Å²) in [4.78, 5) is 44.0. The van der Waals surface area contributed by atoms with Crippen LogP contribution in [-0.4, -0.2) is 97.3 Å². The van der Waals surface area contributed by atoms with Crippen molar-refractivity contribution in [2.75, 3.05) is 47.0 Å². The number of piperidine rings is 1. The maximum absolute atomic E-state index is 13.8. The van der Waals surface area contributed by atoms with Gasteiger partial charge in [-0.25, -0.2) is 0 Å². The highest BCUT2D eigenvalue weighted by Crippen LogP contribution is 2.36. The predicted octanol–water partition coefficient (Wildman–Crippen LogP) is 4.12. The van der Waals surface area contributed by atoms with Gasteiger partial charge in [0.05, 0.1) is 19.8 Å². The molecule has 0 unspecified atom stereocenters. The summed E-state index contributed by atoms with van der Waals surface area (Å²) in [6.45, 7) is 9.49. The zero-order valence-corrected chi connectivity index (χ0v) is 28.5. The van der Waals surface area contributed by atoms with Gasteiger partial charge in [0.2, 0.25) is 11.8 Å². The molecular weight excluding hydrogens is 600 g/mol. The molecule has 3 N–H and O–H groups in total. The van der Waals surface area contributed by atoms with Crippen LogP contribution in [0.1, 0.15) is 75.2 Å². The molecule has 3 amide bonds. The summed E-state index contributed by atoms with van der Waals surface area (Å²) in [6, 6.07) is 12.0. The molecule has 2 saturated heterocycles. The predicted molar refractivity (Wildman–Crippen MR) is 180 cm³/mol. The number of piperazine rings is 1. The standard InChI is InChI=1S/C36H52N4O7/c1-6-9-19-40-34(43)31(32(41)26(7-2)8-3)38-35(44)36(40)16-20-39(21-17-36)24-25-10-13-28(14-11-25)47-29-15-12-27(23-30(29)46-5)33(42)37-18-22-45-4/h10-15,23,26,31-32,41H,6-9,16-22,24H2,1-5H3,(H,37,42)(H,38,44)/t31-,32-/m1/s1. The van der Waals surface area contributed by atoms with Gasteiger partial charge in [-0.2, -0.15) is 0 Å². The van der Waals surface area contributed by atoms with Gasteiger partial charge in [0.15, 0.2) is 11.5 Å². The third kappa shape index (κ3) is 8.44. The lowest BCUT2D eigenvalue weighted by molar-refractivity contribution is -0.165. The number of hydrogen-bond acceptors (Lipinski definition) is 8. The van der Waals surface area contributed by atoms with Gasteiger partial charge >= 0.3 is 0 Å². The molecule has 2 fully saturated rings. The van der Waals surface area contributed by atoms with E-state index in [0.717, 1.165) is 31.2 Å². The second-order valence-electron chi connectivity index (χ2n) is 12.5. The van der Waals surface area contributed by atoms with Crippen LogP contribution in [0.3, 0.4) is 0 Å². The first-order chi connectivity index (χ1) is 22.7. The molecule has 2 aromatic rings. The van der Waals surface area contributed by atoms with Crippen molar-refractivity contribution in [3.8, 4) is 17.2 Å². The molecule has 11 heteroatoms. The quantitative estimate of drug-likeness (QED) is 0.231. The van der Waals surface area contributed by atoms with Crippen LogP contribution >= 0.6 is 0 Å². The number of benzene rings is 2. The zero-order valence-electron chi connectivity index (χ0n) is 28.5. The molecule has 258 valence electrons. The molecule has 2 aliphatic rings.